The fourth-order valence-corrected chi connectivity index (χ4v) is 1.70. The van der Waals surface area contributed by atoms with Crippen LogP contribution < -0.4 is 0 Å². The molecule has 0 aliphatic carbocycles. The highest BCUT2D eigenvalue weighted by Crippen LogP contribution is 2.25. The maximum Gasteiger partial charge on any atom is 0.337 e. The van der Waals surface area contributed by atoms with Gasteiger partial charge in [-0.05, 0) is 28.7 Å². The van der Waals surface area contributed by atoms with Crippen molar-refractivity contribution < 1.29 is 19.1 Å². The topological polar surface area (TPSA) is 52.6 Å². The van der Waals surface area contributed by atoms with E-state index in [9.17, 15) is 9.59 Å². The van der Waals surface area contributed by atoms with Gasteiger partial charge in [0, 0.05) is 0 Å². The summed E-state index contributed by atoms with van der Waals surface area (Å²) in [5.41, 5.74) is 2.07. The maximum atomic E-state index is 11.7. The Morgan fingerprint density at radius 3 is 2.16 bits per heavy atom. The highest BCUT2D eigenvalue weighted by molar-refractivity contribution is 5.90. The summed E-state index contributed by atoms with van der Waals surface area (Å²) in [6.07, 6.45) is 0.143. The molecule has 4 nitrogen and oxygen atoms in total. The van der Waals surface area contributed by atoms with Gasteiger partial charge in [-0.15, -0.1) is 0 Å². The van der Waals surface area contributed by atoms with Gasteiger partial charge in [-0.2, -0.15) is 0 Å². The molecular formula is C15H20O4. The van der Waals surface area contributed by atoms with E-state index in [1.54, 1.807) is 12.1 Å². The van der Waals surface area contributed by atoms with E-state index >= 15 is 0 Å². The fraction of sp³-hybridized carbons (Fsp3) is 0.467. The zero-order valence-electron chi connectivity index (χ0n) is 12.1. The molecule has 1 rings (SSSR count). The summed E-state index contributed by atoms with van der Waals surface area (Å²) in [7, 11) is 2.68. The van der Waals surface area contributed by atoms with Gasteiger partial charge in [0.2, 0.25) is 0 Å². The van der Waals surface area contributed by atoms with Gasteiger partial charge >= 0.3 is 11.9 Å². The molecule has 0 unspecified atom stereocenters. The first-order chi connectivity index (χ1) is 8.77. The van der Waals surface area contributed by atoms with E-state index < -0.39 is 5.97 Å². The molecule has 1 aromatic carbocycles. The highest BCUT2D eigenvalue weighted by atomic mass is 16.5. The summed E-state index contributed by atoms with van der Waals surface area (Å²) in [5.74, 6) is -0.737. The minimum Gasteiger partial charge on any atom is -0.469 e. The SMILES string of the molecule is COC(=O)Cc1cc(C(=O)OC)cc(C(C)(C)C)c1. The molecule has 0 fully saturated rings. The van der Waals surface area contributed by atoms with E-state index in [1.807, 2.05) is 26.8 Å². The minimum atomic E-state index is -0.405. The number of carbonyl (C=O) groups is 2. The molecule has 1 aromatic rings. The van der Waals surface area contributed by atoms with Gasteiger partial charge in [-0.25, -0.2) is 4.79 Å². The van der Waals surface area contributed by atoms with E-state index in [0.29, 0.717) is 5.56 Å². The molecule has 0 saturated heterocycles. The van der Waals surface area contributed by atoms with Crippen molar-refractivity contribution in [2.24, 2.45) is 0 Å². The molecule has 0 amide bonds. The number of hydrogen-bond acceptors (Lipinski definition) is 4. The van der Waals surface area contributed by atoms with Crippen molar-refractivity contribution in [3.8, 4) is 0 Å². The van der Waals surface area contributed by atoms with Gasteiger partial charge in [-0.3, -0.25) is 4.79 Å². The van der Waals surface area contributed by atoms with Crippen molar-refractivity contribution in [2.75, 3.05) is 14.2 Å². The van der Waals surface area contributed by atoms with Gasteiger partial charge in [-0.1, -0.05) is 26.8 Å². The second kappa shape index (κ2) is 5.87. The lowest BCUT2D eigenvalue weighted by molar-refractivity contribution is -0.139. The third-order valence-electron chi connectivity index (χ3n) is 2.86. The molecular weight excluding hydrogens is 244 g/mol. The molecule has 0 radical (unpaired) electrons. The quantitative estimate of drug-likeness (QED) is 0.787. The summed E-state index contributed by atoms with van der Waals surface area (Å²) in [6.45, 7) is 6.14. The lowest BCUT2D eigenvalue weighted by Gasteiger charge is -2.20. The number of rotatable bonds is 3. The monoisotopic (exact) mass is 264 g/mol. The van der Waals surface area contributed by atoms with Crippen molar-refractivity contribution in [3.05, 3.63) is 34.9 Å². The summed E-state index contributed by atoms with van der Waals surface area (Å²) < 4.78 is 9.39. The van der Waals surface area contributed by atoms with Crippen LogP contribution in [0.1, 0.15) is 42.3 Å². The molecule has 0 N–H and O–H groups in total. The Hall–Kier alpha value is -1.84. The average Bonchev–Trinajstić information content (AvgIpc) is 2.36. The minimum absolute atomic E-state index is 0.116. The molecule has 0 saturated carbocycles. The summed E-state index contributed by atoms with van der Waals surface area (Å²) in [4.78, 5) is 23.0. The lowest BCUT2D eigenvalue weighted by Crippen LogP contribution is -2.15. The predicted octanol–water partition coefficient (Wildman–Crippen LogP) is 2.49. The van der Waals surface area contributed by atoms with Crippen LogP contribution in [0.2, 0.25) is 0 Å². The largest absolute Gasteiger partial charge is 0.469 e. The van der Waals surface area contributed by atoms with Crippen molar-refractivity contribution in [2.45, 2.75) is 32.6 Å². The van der Waals surface area contributed by atoms with Crippen molar-refractivity contribution in [1.29, 1.82) is 0 Å². The molecule has 0 spiro atoms. The van der Waals surface area contributed by atoms with Crippen LogP contribution in [0, 0.1) is 0 Å². The number of ether oxygens (including phenoxy) is 2. The van der Waals surface area contributed by atoms with Crippen LogP contribution >= 0.6 is 0 Å². The van der Waals surface area contributed by atoms with E-state index in [0.717, 1.165) is 11.1 Å². The van der Waals surface area contributed by atoms with Crippen LogP contribution in [0.15, 0.2) is 18.2 Å². The van der Waals surface area contributed by atoms with E-state index in [4.69, 9.17) is 4.74 Å². The molecule has 0 heterocycles. The number of esters is 2. The average molecular weight is 264 g/mol. The summed E-state index contributed by atoms with van der Waals surface area (Å²) in [5, 5.41) is 0. The molecule has 0 aliphatic heterocycles. The van der Waals surface area contributed by atoms with Gasteiger partial charge < -0.3 is 9.47 Å². The van der Waals surface area contributed by atoms with Gasteiger partial charge in [0.1, 0.15) is 0 Å². The first kappa shape index (κ1) is 15.2. The Labute approximate surface area is 113 Å². The summed E-state index contributed by atoms with van der Waals surface area (Å²) >= 11 is 0. The molecule has 19 heavy (non-hydrogen) atoms. The van der Waals surface area contributed by atoms with Crippen molar-refractivity contribution in [3.63, 3.8) is 0 Å². The van der Waals surface area contributed by atoms with Crippen molar-refractivity contribution in [1.82, 2.24) is 0 Å². The van der Waals surface area contributed by atoms with E-state index in [2.05, 4.69) is 4.74 Å². The third-order valence-corrected chi connectivity index (χ3v) is 2.86. The standard InChI is InChI=1S/C15H20O4/c1-15(2,3)12-7-10(8-13(16)18-4)6-11(9-12)14(17)19-5/h6-7,9H,8H2,1-5H3. The Morgan fingerprint density at radius 1 is 1.05 bits per heavy atom. The van der Waals surface area contributed by atoms with Crippen LogP contribution in [-0.2, 0) is 26.1 Å². The maximum absolute atomic E-state index is 11.7. The van der Waals surface area contributed by atoms with Gasteiger partial charge in [0.15, 0.2) is 0 Å². The molecule has 4 heteroatoms. The Morgan fingerprint density at radius 2 is 1.68 bits per heavy atom. The first-order valence-electron chi connectivity index (χ1n) is 6.07. The van der Waals surface area contributed by atoms with Crippen LogP contribution in [0.3, 0.4) is 0 Å². The zero-order chi connectivity index (χ0) is 14.6. The third kappa shape index (κ3) is 4.09. The van der Waals surface area contributed by atoms with Crippen LogP contribution in [0.4, 0.5) is 0 Å². The van der Waals surface area contributed by atoms with Crippen LogP contribution in [-0.4, -0.2) is 26.2 Å². The number of hydrogen-bond donors (Lipinski definition) is 0. The van der Waals surface area contributed by atoms with Crippen LogP contribution in [0.5, 0.6) is 0 Å². The molecule has 0 aliphatic rings. The lowest BCUT2D eigenvalue weighted by atomic mass is 9.84. The number of methoxy groups -OCH3 is 2. The molecule has 0 bridgehead atoms. The zero-order valence-corrected chi connectivity index (χ0v) is 12.1. The number of benzene rings is 1. The Bertz CT molecular complexity index is 483. The smallest absolute Gasteiger partial charge is 0.337 e. The number of carbonyl (C=O) groups excluding carboxylic acids is 2. The van der Waals surface area contributed by atoms with Gasteiger partial charge in [0.05, 0.1) is 26.2 Å². The first-order valence-corrected chi connectivity index (χ1v) is 6.07. The fourth-order valence-electron chi connectivity index (χ4n) is 1.70. The predicted molar refractivity (Wildman–Crippen MR) is 72.2 cm³/mol. The highest BCUT2D eigenvalue weighted by Gasteiger charge is 2.18. The normalized spacial score (nSPS) is 11.0. The molecule has 104 valence electrons. The van der Waals surface area contributed by atoms with Gasteiger partial charge in [0.25, 0.3) is 0 Å². The second-order valence-electron chi connectivity index (χ2n) is 5.41. The van der Waals surface area contributed by atoms with E-state index in [1.165, 1.54) is 14.2 Å². The summed E-state index contributed by atoms with van der Waals surface area (Å²) in [6, 6.07) is 5.38. The van der Waals surface area contributed by atoms with Crippen molar-refractivity contribution >= 4 is 11.9 Å². The second-order valence-corrected chi connectivity index (χ2v) is 5.41. The van der Waals surface area contributed by atoms with E-state index in [-0.39, 0.29) is 17.8 Å². The Kier molecular flexibility index (Phi) is 4.70. The molecule has 0 atom stereocenters. The van der Waals surface area contributed by atoms with Crippen LogP contribution in [0.25, 0.3) is 0 Å². The molecule has 0 aromatic heterocycles. The Balaban J connectivity index is 3.24.